The van der Waals surface area contributed by atoms with Crippen LogP contribution >= 0.6 is 11.8 Å². The Balaban J connectivity index is 1.86. The summed E-state index contributed by atoms with van der Waals surface area (Å²) < 4.78 is 14.5. The lowest BCUT2D eigenvalue weighted by Gasteiger charge is -2.05. The number of aromatic nitrogens is 3. The zero-order valence-corrected chi connectivity index (χ0v) is 13.3. The van der Waals surface area contributed by atoms with E-state index in [4.69, 9.17) is 5.73 Å². The van der Waals surface area contributed by atoms with E-state index < -0.39 is 5.91 Å². The van der Waals surface area contributed by atoms with Crippen molar-refractivity contribution in [3.63, 3.8) is 0 Å². The molecule has 0 radical (unpaired) electrons. The van der Waals surface area contributed by atoms with Crippen LogP contribution in [0.5, 0.6) is 0 Å². The van der Waals surface area contributed by atoms with Gasteiger partial charge in [0, 0.05) is 25.6 Å². The molecule has 0 bridgehead atoms. The van der Waals surface area contributed by atoms with Crippen LogP contribution in [0.15, 0.2) is 29.4 Å². The van der Waals surface area contributed by atoms with Gasteiger partial charge in [-0.25, -0.2) is 4.39 Å². The van der Waals surface area contributed by atoms with Crippen molar-refractivity contribution >= 4 is 29.3 Å². The van der Waals surface area contributed by atoms with Gasteiger partial charge in [0.05, 0.1) is 5.75 Å². The number of benzene rings is 1. The number of hydrogen-bond donors (Lipinski definition) is 2. The van der Waals surface area contributed by atoms with Crippen molar-refractivity contribution in [1.29, 1.82) is 0 Å². The summed E-state index contributed by atoms with van der Waals surface area (Å²) in [4.78, 5) is 22.6. The quantitative estimate of drug-likeness (QED) is 0.737. The minimum absolute atomic E-state index is 0.138. The van der Waals surface area contributed by atoms with Crippen molar-refractivity contribution in [1.82, 2.24) is 14.8 Å². The predicted molar refractivity (Wildman–Crippen MR) is 84.3 cm³/mol. The van der Waals surface area contributed by atoms with Crippen molar-refractivity contribution in [2.75, 3.05) is 11.1 Å². The van der Waals surface area contributed by atoms with Crippen molar-refractivity contribution in [2.45, 2.75) is 18.0 Å². The van der Waals surface area contributed by atoms with Crippen molar-refractivity contribution < 1.29 is 14.0 Å². The minimum Gasteiger partial charge on any atom is -0.370 e. The first-order chi connectivity index (χ1) is 11.0. The van der Waals surface area contributed by atoms with Gasteiger partial charge in [-0.15, -0.1) is 10.2 Å². The Morgan fingerprint density at radius 1 is 1.30 bits per heavy atom. The second-order valence-electron chi connectivity index (χ2n) is 4.77. The van der Waals surface area contributed by atoms with E-state index in [0.29, 0.717) is 23.1 Å². The molecule has 0 atom stereocenters. The Morgan fingerprint density at radius 3 is 2.65 bits per heavy atom. The van der Waals surface area contributed by atoms with E-state index in [1.807, 2.05) is 0 Å². The molecule has 0 saturated carbocycles. The number of carbonyl (C=O) groups excluding carboxylic acids is 2. The zero-order valence-electron chi connectivity index (χ0n) is 12.5. The average Bonchev–Trinajstić information content (AvgIpc) is 2.86. The normalized spacial score (nSPS) is 10.5. The van der Waals surface area contributed by atoms with Gasteiger partial charge in [-0.1, -0.05) is 11.8 Å². The van der Waals surface area contributed by atoms with Crippen LogP contribution in [-0.4, -0.2) is 32.3 Å². The van der Waals surface area contributed by atoms with Gasteiger partial charge in [0.1, 0.15) is 11.6 Å². The Labute approximate surface area is 136 Å². The maximum atomic E-state index is 12.8. The number of rotatable bonds is 7. The van der Waals surface area contributed by atoms with E-state index in [0.717, 1.165) is 0 Å². The number of aryl methyl sites for hydroxylation is 1. The summed E-state index contributed by atoms with van der Waals surface area (Å²) in [7, 11) is 1.76. The van der Waals surface area contributed by atoms with Gasteiger partial charge in [0.25, 0.3) is 0 Å². The number of carbonyl (C=O) groups is 2. The summed E-state index contributed by atoms with van der Waals surface area (Å²) in [6.07, 6.45) is 0.600. The van der Waals surface area contributed by atoms with Gasteiger partial charge in [-0.3, -0.25) is 9.59 Å². The molecule has 0 spiro atoms. The van der Waals surface area contributed by atoms with Crippen LogP contribution in [0.1, 0.15) is 12.2 Å². The van der Waals surface area contributed by atoms with Crippen molar-refractivity contribution in [3.8, 4) is 0 Å². The first-order valence-electron chi connectivity index (χ1n) is 6.80. The highest BCUT2D eigenvalue weighted by Crippen LogP contribution is 2.17. The first-order valence-corrected chi connectivity index (χ1v) is 7.79. The lowest BCUT2D eigenvalue weighted by Crippen LogP contribution is -2.14. The molecule has 3 N–H and O–H groups in total. The summed E-state index contributed by atoms with van der Waals surface area (Å²) in [6, 6.07) is 5.52. The third kappa shape index (κ3) is 5.06. The Bertz CT molecular complexity index is 702. The van der Waals surface area contributed by atoms with E-state index in [9.17, 15) is 14.0 Å². The molecule has 1 aromatic carbocycles. The lowest BCUT2D eigenvalue weighted by atomic mass is 10.3. The number of hydrogen-bond acceptors (Lipinski definition) is 5. The molecule has 0 aliphatic heterocycles. The highest BCUT2D eigenvalue weighted by molar-refractivity contribution is 7.99. The Morgan fingerprint density at radius 2 is 2.00 bits per heavy atom. The highest BCUT2D eigenvalue weighted by atomic mass is 32.2. The summed E-state index contributed by atoms with van der Waals surface area (Å²) >= 11 is 1.22. The SMILES string of the molecule is Cn1c(CCC(N)=O)nnc1SCC(=O)Nc1ccc(F)cc1. The van der Waals surface area contributed by atoms with Crippen LogP contribution in [0.3, 0.4) is 0 Å². The largest absolute Gasteiger partial charge is 0.370 e. The number of primary amides is 1. The molecule has 0 saturated heterocycles. The van der Waals surface area contributed by atoms with Crippen LogP contribution < -0.4 is 11.1 Å². The lowest BCUT2D eigenvalue weighted by molar-refractivity contribution is -0.118. The molecule has 0 aliphatic rings. The van der Waals surface area contributed by atoms with Crippen LogP contribution in [0.2, 0.25) is 0 Å². The third-order valence-corrected chi connectivity index (χ3v) is 4.00. The number of anilines is 1. The molecule has 0 unspecified atom stereocenters. The molecule has 7 nitrogen and oxygen atoms in total. The fourth-order valence-electron chi connectivity index (χ4n) is 1.78. The standard InChI is InChI=1S/C14H16FN5O2S/c1-20-12(7-6-11(16)21)18-19-14(20)23-8-13(22)17-10-4-2-9(15)3-5-10/h2-5H,6-8H2,1H3,(H2,16,21)(H,17,22). The van der Waals surface area contributed by atoms with E-state index in [1.165, 1.54) is 36.0 Å². The zero-order chi connectivity index (χ0) is 16.8. The van der Waals surface area contributed by atoms with Crippen molar-refractivity contribution in [2.24, 2.45) is 12.8 Å². The molecule has 1 aromatic heterocycles. The molecule has 0 fully saturated rings. The van der Waals surface area contributed by atoms with Gasteiger partial charge in [-0.2, -0.15) is 0 Å². The molecule has 0 aliphatic carbocycles. The first kappa shape index (κ1) is 16.9. The Hall–Kier alpha value is -2.42. The molecular weight excluding hydrogens is 321 g/mol. The van der Waals surface area contributed by atoms with E-state index >= 15 is 0 Å². The maximum absolute atomic E-state index is 12.8. The van der Waals surface area contributed by atoms with Crippen LogP contribution in [0.25, 0.3) is 0 Å². The van der Waals surface area contributed by atoms with Crippen molar-refractivity contribution in [3.05, 3.63) is 35.9 Å². The molecule has 2 rings (SSSR count). The maximum Gasteiger partial charge on any atom is 0.234 e. The number of nitrogens with zero attached hydrogens (tertiary/aromatic N) is 3. The van der Waals surface area contributed by atoms with Crippen LogP contribution in [-0.2, 0) is 23.1 Å². The van der Waals surface area contributed by atoms with Gasteiger partial charge < -0.3 is 15.6 Å². The number of nitrogens with one attached hydrogen (secondary N) is 1. The topological polar surface area (TPSA) is 103 Å². The molecule has 23 heavy (non-hydrogen) atoms. The fraction of sp³-hybridized carbons (Fsp3) is 0.286. The third-order valence-electron chi connectivity index (χ3n) is 2.98. The van der Waals surface area contributed by atoms with Gasteiger partial charge in [0.15, 0.2) is 5.16 Å². The van der Waals surface area contributed by atoms with E-state index in [2.05, 4.69) is 15.5 Å². The smallest absolute Gasteiger partial charge is 0.234 e. The van der Waals surface area contributed by atoms with Crippen LogP contribution in [0, 0.1) is 5.82 Å². The second-order valence-corrected chi connectivity index (χ2v) is 5.71. The monoisotopic (exact) mass is 337 g/mol. The number of halogens is 1. The molecular formula is C14H16FN5O2S. The number of thioether (sulfide) groups is 1. The summed E-state index contributed by atoms with van der Waals surface area (Å²) in [6.45, 7) is 0. The van der Waals surface area contributed by atoms with E-state index in [1.54, 1.807) is 11.6 Å². The summed E-state index contributed by atoms with van der Waals surface area (Å²) in [5.74, 6) is -0.228. The van der Waals surface area contributed by atoms with Gasteiger partial charge >= 0.3 is 0 Å². The number of nitrogens with two attached hydrogens (primary N) is 1. The summed E-state index contributed by atoms with van der Waals surface area (Å²) in [5, 5.41) is 11.2. The second kappa shape index (κ2) is 7.73. The van der Waals surface area contributed by atoms with Gasteiger partial charge in [0.2, 0.25) is 11.8 Å². The molecule has 9 heteroatoms. The predicted octanol–water partition coefficient (Wildman–Crippen LogP) is 1.10. The molecule has 1 heterocycles. The molecule has 122 valence electrons. The minimum atomic E-state index is -0.402. The molecule has 2 amide bonds. The summed E-state index contributed by atoms with van der Waals surface area (Å²) in [5.41, 5.74) is 5.63. The molecule has 2 aromatic rings. The van der Waals surface area contributed by atoms with Crippen LogP contribution in [0.4, 0.5) is 10.1 Å². The fourth-order valence-corrected chi connectivity index (χ4v) is 2.51. The Kier molecular flexibility index (Phi) is 5.69. The number of amides is 2. The van der Waals surface area contributed by atoms with Gasteiger partial charge in [-0.05, 0) is 24.3 Å². The van der Waals surface area contributed by atoms with E-state index in [-0.39, 0.29) is 23.9 Å². The average molecular weight is 337 g/mol. The highest BCUT2D eigenvalue weighted by Gasteiger charge is 2.12.